The lowest BCUT2D eigenvalue weighted by Crippen LogP contribution is -2.46. The first kappa shape index (κ1) is 26.5. The number of carbonyl (C=O) groups excluding carboxylic acids is 2. The van der Waals surface area contributed by atoms with Gasteiger partial charge in [0.2, 0.25) is 11.8 Å². The smallest absolute Gasteiger partial charge is 0.266 e. The number of nitrogens with one attached hydrogen (secondary N) is 1. The van der Waals surface area contributed by atoms with Crippen LogP contribution in [-0.2, 0) is 9.59 Å². The maximum absolute atomic E-state index is 13.4. The first-order valence-electron chi connectivity index (χ1n) is 11.8. The van der Waals surface area contributed by atoms with Gasteiger partial charge < -0.3 is 10.2 Å². The minimum Gasteiger partial charge on any atom is -0.350 e. The second kappa shape index (κ2) is 11.1. The van der Waals surface area contributed by atoms with Crippen LogP contribution in [0.2, 0.25) is 0 Å². The summed E-state index contributed by atoms with van der Waals surface area (Å²) in [5.74, 6) is 0.0308. The molecule has 2 aromatic carbocycles. The van der Waals surface area contributed by atoms with Crippen molar-refractivity contribution in [2.75, 3.05) is 19.3 Å². The molecule has 0 aliphatic heterocycles. The molecule has 8 heteroatoms. The number of rotatable bonds is 8. The molecule has 3 aromatic rings. The Bertz CT molecular complexity index is 1260. The van der Waals surface area contributed by atoms with Gasteiger partial charge >= 0.3 is 0 Å². The summed E-state index contributed by atoms with van der Waals surface area (Å²) in [6.07, 6.45) is 1.03. The van der Waals surface area contributed by atoms with E-state index in [-0.39, 0.29) is 35.2 Å². The van der Waals surface area contributed by atoms with Gasteiger partial charge in [-0.15, -0.1) is 0 Å². The van der Waals surface area contributed by atoms with E-state index in [0.29, 0.717) is 27.7 Å². The quantitative estimate of drug-likeness (QED) is 0.371. The van der Waals surface area contributed by atoms with Gasteiger partial charge in [-0.3, -0.25) is 19.0 Å². The predicted octanol–water partition coefficient (Wildman–Crippen LogP) is 4.36. The number of para-hydroxylation sites is 1. The molecule has 7 nitrogen and oxygen atoms in total. The van der Waals surface area contributed by atoms with E-state index in [1.807, 2.05) is 57.2 Å². The summed E-state index contributed by atoms with van der Waals surface area (Å²) in [5, 5.41) is 3.81. The molecular formula is C27H34N4O3S. The maximum atomic E-state index is 13.4. The van der Waals surface area contributed by atoms with Gasteiger partial charge in [0.1, 0.15) is 0 Å². The van der Waals surface area contributed by atoms with E-state index in [1.165, 1.54) is 22.2 Å². The van der Waals surface area contributed by atoms with Gasteiger partial charge in [0.15, 0.2) is 5.16 Å². The Labute approximate surface area is 210 Å². The second-order valence-corrected chi connectivity index (χ2v) is 10.7. The predicted molar refractivity (Wildman–Crippen MR) is 142 cm³/mol. The number of nitrogens with zero attached hydrogens (tertiary/aromatic N) is 3. The Morgan fingerprint density at radius 1 is 1.11 bits per heavy atom. The van der Waals surface area contributed by atoms with Crippen LogP contribution in [0.3, 0.4) is 0 Å². The highest BCUT2D eigenvalue weighted by Crippen LogP contribution is 2.24. The van der Waals surface area contributed by atoms with Crippen molar-refractivity contribution < 1.29 is 9.59 Å². The van der Waals surface area contributed by atoms with Crippen molar-refractivity contribution in [1.82, 2.24) is 19.8 Å². The Balaban J connectivity index is 1.88. The van der Waals surface area contributed by atoms with Gasteiger partial charge in [-0.2, -0.15) is 0 Å². The lowest BCUT2D eigenvalue weighted by Gasteiger charge is -2.23. The first-order chi connectivity index (χ1) is 16.5. The topological polar surface area (TPSA) is 84.3 Å². The molecule has 0 bridgehead atoms. The zero-order chi connectivity index (χ0) is 25.8. The summed E-state index contributed by atoms with van der Waals surface area (Å²) in [4.78, 5) is 44.5. The fourth-order valence-electron chi connectivity index (χ4n) is 3.62. The fraction of sp³-hybridized carbons (Fsp3) is 0.407. The third kappa shape index (κ3) is 6.72. The van der Waals surface area contributed by atoms with E-state index >= 15 is 0 Å². The number of hydrogen-bond acceptors (Lipinski definition) is 5. The number of aromatic nitrogens is 2. The summed E-state index contributed by atoms with van der Waals surface area (Å²) in [7, 11) is 1.60. The van der Waals surface area contributed by atoms with Crippen molar-refractivity contribution in [3.63, 3.8) is 0 Å². The number of amides is 2. The van der Waals surface area contributed by atoms with Gasteiger partial charge in [-0.05, 0) is 62.9 Å². The molecule has 1 atom stereocenters. The van der Waals surface area contributed by atoms with Crippen LogP contribution in [0, 0.1) is 0 Å². The highest BCUT2D eigenvalue weighted by molar-refractivity contribution is 7.99. The van der Waals surface area contributed by atoms with Crippen LogP contribution in [0.25, 0.3) is 16.6 Å². The molecule has 2 amide bonds. The minimum absolute atomic E-state index is 0.0360. The number of fused-ring (bicyclic) bond motifs is 1. The molecule has 0 radical (unpaired) electrons. The molecule has 0 saturated heterocycles. The van der Waals surface area contributed by atoms with E-state index in [4.69, 9.17) is 4.98 Å². The zero-order valence-electron chi connectivity index (χ0n) is 21.3. The molecule has 0 aliphatic rings. The Kier molecular flexibility index (Phi) is 8.38. The van der Waals surface area contributed by atoms with Gasteiger partial charge in [-0.25, -0.2) is 4.98 Å². The van der Waals surface area contributed by atoms with Crippen molar-refractivity contribution in [3.05, 3.63) is 64.4 Å². The monoisotopic (exact) mass is 494 g/mol. The van der Waals surface area contributed by atoms with Crippen molar-refractivity contribution in [3.8, 4) is 5.69 Å². The van der Waals surface area contributed by atoms with Crippen LogP contribution >= 0.6 is 11.8 Å². The molecule has 1 N–H and O–H groups in total. The third-order valence-electron chi connectivity index (χ3n) is 5.72. The Morgan fingerprint density at radius 3 is 2.40 bits per heavy atom. The SMILES string of the molecule is CCC(C)c1ccc(-n2c(SCC(=O)N(C)CC(=O)NC(C)(C)C)nc3ccccc3c2=O)cc1. The molecular weight excluding hydrogens is 460 g/mol. The molecule has 186 valence electrons. The summed E-state index contributed by atoms with van der Waals surface area (Å²) >= 11 is 1.19. The van der Waals surface area contributed by atoms with Gasteiger partial charge in [-0.1, -0.05) is 49.9 Å². The van der Waals surface area contributed by atoms with Gasteiger partial charge in [0, 0.05) is 12.6 Å². The standard InChI is InChI=1S/C27H34N4O3S/c1-7-18(2)19-12-14-20(15-13-19)31-25(34)21-10-8-9-11-22(21)28-26(31)35-17-24(33)30(6)16-23(32)29-27(3,4)5/h8-15,18H,7,16-17H2,1-6H3,(H,29,32). The molecule has 0 spiro atoms. The number of carbonyl (C=O) groups is 2. The number of hydrogen-bond donors (Lipinski definition) is 1. The fourth-order valence-corrected chi connectivity index (χ4v) is 4.58. The minimum atomic E-state index is -0.370. The van der Waals surface area contributed by atoms with Gasteiger partial charge in [0.05, 0.1) is 28.9 Å². The van der Waals surface area contributed by atoms with Crippen molar-refractivity contribution in [1.29, 1.82) is 0 Å². The van der Waals surface area contributed by atoms with E-state index in [1.54, 1.807) is 23.7 Å². The van der Waals surface area contributed by atoms with Crippen LogP contribution in [0.4, 0.5) is 0 Å². The van der Waals surface area contributed by atoms with E-state index in [2.05, 4.69) is 19.2 Å². The number of thioether (sulfide) groups is 1. The molecule has 3 rings (SSSR count). The lowest BCUT2D eigenvalue weighted by atomic mass is 9.98. The van der Waals surface area contributed by atoms with Crippen LogP contribution in [0.5, 0.6) is 0 Å². The molecule has 1 heterocycles. The van der Waals surface area contributed by atoms with E-state index < -0.39 is 0 Å². The molecule has 35 heavy (non-hydrogen) atoms. The zero-order valence-corrected chi connectivity index (χ0v) is 22.1. The highest BCUT2D eigenvalue weighted by Gasteiger charge is 2.20. The van der Waals surface area contributed by atoms with Crippen LogP contribution in [0.1, 0.15) is 52.5 Å². The van der Waals surface area contributed by atoms with Crippen LogP contribution < -0.4 is 10.9 Å². The Hall–Kier alpha value is -3.13. The molecule has 1 unspecified atom stereocenters. The van der Waals surface area contributed by atoms with Crippen molar-refractivity contribution >= 4 is 34.5 Å². The average Bonchev–Trinajstić information content (AvgIpc) is 2.81. The molecule has 0 aliphatic carbocycles. The normalized spacial score (nSPS) is 12.4. The largest absolute Gasteiger partial charge is 0.350 e. The molecule has 0 fully saturated rings. The van der Waals surface area contributed by atoms with Crippen LogP contribution in [0.15, 0.2) is 58.5 Å². The average molecular weight is 495 g/mol. The lowest BCUT2D eigenvalue weighted by molar-refractivity contribution is -0.133. The molecule has 0 saturated carbocycles. The van der Waals surface area contributed by atoms with Crippen molar-refractivity contribution in [2.45, 2.75) is 57.7 Å². The third-order valence-corrected chi connectivity index (χ3v) is 6.65. The first-order valence-corrected chi connectivity index (χ1v) is 12.8. The van der Waals surface area contributed by atoms with Crippen LogP contribution in [-0.4, -0.2) is 51.1 Å². The number of benzene rings is 2. The van der Waals surface area contributed by atoms with Crippen molar-refractivity contribution in [2.24, 2.45) is 0 Å². The second-order valence-electron chi connectivity index (χ2n) is 9.79. The summed E-state index contributed by atoms with van der Waals surface area (Å²) in [6, 6.07) is 15.1. The summed E-state index contributed by atoms with van der Waals surface area (Å²) in [5.41, 5.74) is 1.94. The van der Waals surface area contributed by atoms with E-state index in [0.717, 1.165) is 6.42 Å². The highest BCUT2D eigenvalue weighted by atomic mass is 32.2. The summed E-state index contributed by atoms with van der Waals surface area (Å²) in [6.45, 7) is 9.95. The summed E-state index contributed by atoms with van der Waals surface area (Å²) < 4.78 is 1.56. The Morgan fingerprint density at radius 2 is 1.77 bits per heavy atom. The number of likely N-dealkylation sites (N-methyl/N-ethyl adjacent to an activating group) is 1. The maximum Gasteiger partial charge on any atom is 0.266 e. The molecule has 1 aromatic heterocycles. The van der Waals surface area contributed by atoms with Gasteiger partial charge in [0.25, 0.3) is 5.56 Å². The van der Waals surface area contributed by atoms with E-state index in [9.17, 15) is 14.4 Å².